The number of unbranched alkanes of at least 4 members (excludes halogenated alkanes) is 6. The van der Waals surface area contributed by atoms with Crippen LogP contribution in [0.5, 0.6) is 0 Å². The van der Waals surface area contributed by atoms with Crippen molar-refractivity contribution in [1.29, 1.82) is 0 Å². The first kappa shape index (κ1) is 17.0. The van der Waals surface area contributed by atoms with Crippen molar-refractivity contribution in [2.24, 2.45) is 11.8 Å². The number of rotatable bonds is 11. The van der Waals surface area contributed by atoms with E-state index in [-0.39, 0.29) is 0 Å². The monoisotopic (exact) mass is 267 g/mol. The highest BCUT2D eigenvalue weighted by Crippen LogP contribution is 2.31. The van der Waals surface area contributed by atoms with E-state index in [9.17, 15) is 0 Å². The summed E-state index contributed by atoms with van der Waals surface area (Å²) in [5.41, 5.74) is 0. The normalized spacial score (nSPS) is 20.5. The third kappa shape index (κ3) is 7.34. The lowest BCUT2D eigenvalue weighted by atomic mass is 9.83. The first-order valence-corrected chi connectivity index (χ1v) is 8.96. The lowest BCUT2D eigenvalue weighted by Gasteiger charge is -2.23. The van der Waals surface area contributed by atoms with Crippen molar-refractivity contribution in [3.05, 3.63) is 0 Å². The Hall–Kier alpha value is -0.0400. The standard InChI is InChI=1S/C18H37N/c1-4-6-8-10-12-17(13-11-9-7-5-2)18-14-15-19(3)16-18/h17-18H,4-16H2,1-3H3. The topological polar surface area (TPSA) is 3.24 Å². The average molecular weight is 268 g/mol. The fourth-order valence-corrected chi connectivity index (χ4v) is 3.64. The molecular formula is C18H37N. The second-order valence-corrected chi connectivity index (χ2v) is 6.77. The minimum atomic E-state index is 1.01. The van der Waals surface area contributed by atoms with Gasteiger partial charge in [0.05, 0.1) is 0 Å². The lowest BCUT2D eigenvalue weighted by Crippen LogP contribution is -2.20. The van der Waals surface area contributed by atoms with Crippen LogP contribution in [0.15, 0.2) is 0 Å². The zero-order valence-corrected chi connectivity index (χ0v) is 13.8. The van der Waals surface area contributed by atoms with Crippen LogP contribution in [0, 0.1) is 11.8 Å². The molecule has 1 unspecified atom stereocenters. The van der Waals surface area contributed by atoms with E-state index in [2.05, 4.69) is 25.8 Å². The van der Waals surface area contributed by atoms with Crippen LogP contribution in [0.3, 0.4) is 0 Å². The van der Waals surface area contributed by atoms with Crippen molar-refractivity contribution in [1.82, 2.24) is 4.90 Å². The van der Waals surface area contributed by atoms with Crippen LogP contribution in [-0.4, -0.2) is 25.0 Å². The van der Waals surface area contributed by atoms with Gasteiger partial charge >= 0.3 is 0 Å². The summed E-state index contributed by atoms with van der Waals surface area (Å²) in [5, 5.41) is 0. The number of hydrogen-bond donors (Lipinski definition) is 0. The van der Waals surface area contributed by atoms with E-state index in [1.54, 1.807) is 0 Å². The van der Waals surface area contributed by atoms with Crippen LogP contribution in [0.1, 0.15) is 84.5 Å². The van der Waals surface area contributed by atoms with Crippen LogP contribution in [0.2, 0.25) is 0 Å². The van der Waals surface area contributed by atoms with Gasteiger partial charge in [-0.05, 0) is 31.8 Å². The zero-order chi connectivity index (χ0) is 13.9. The van der Waals surface area contributed by atoms with Gasteiger partial charge in [-0.15, -0.1) is 0 Å². The zero-order valence-electron chi connectivity index (χ0n) is 13.8. The quantitative estimate of drug-likeness (QED) is 0.447. The Morgan fingerprint density at radius 2 is 1.47 bits per heavy atom. The fourth-order valence-electron chi connectivity index (χ4n) is 3.64. The van der Waals surface area contributed by atoms with Crippen molar-refractivity contribution in [2.75, 3.05) is 20.1 Å². The largest absolute Gasteiger partial charge is 0.306 e. The Bertz CT molecular complexity index is 190. The van der Waals surface area contributed by atoms with Crippen molar-refractivity contribution >= 4 is 0 Å². The molecule has 1 heterocycles. The molecule has 1 atom stereocenters. The molecule has 0 aromatic heterocycles. The van der Waals surface area contributed by atoms with E-state index in [4.69, 9.17) is 0 Å². The predicted molar refractivity (Wildman–Crippen MR) is 86.6 cm³/mol. The van der Waals surface area contributed by atoms with E-state index in [1.807, 2.05) is 0 Å². The Labute approximate surface area is 122 Å². The van der Waals surface area contributed by atoms with E-state index >= 15 is 0 Å². The highest BCUT2D eigenvalue weighted by Gasteiger charge is 2.26. The molecule has 0 spiro atoms. The third-order valence-corrected chi connectivity index (χ3v) is 4.95. The maximum absolute atomic E-state index is 2.54. The van der Waals surface area contributed by atoms with Gasteiger partial charge in [0.25, 0.3) is 0 Å². The molecule has 0 aromatic carbocycles. The van der Waals surface area contributed by atoms with Gasteiger partial charge in [0.15, 0.2) is 0 Å². The van der Waals surface area contributed by atoms with Crippen molar-refractivity contribution in [3.8, 4) is 0 Å². The molecule has 1 nitrogen and oxygen atoms in total. The molecule has 0 N–H and O–H groups in total. The SMILES string of the molecule is CCCCCCC(CCCCCC)C1CCN(C)C1. The second kappa shape index (κ2) is 10.7. The first-order valence-electron chi connectivity index (χ1n) is 8.96. The van der Waals surface area contributed by atoms with E-state index in [0.717, 1.165) is 11.8 Å². The van der Waals surface area contributed by atoms with Crippen LogP contribution in [-0.2, 0) is 0 Å². The van der Waals surface area contributed by atoms with Gasteiger partial charge in [0.2, 0.25) is 0 Å². The van der Waals surface area contributed by atoms with Gasteiger partial charge in [0, 0.05) is 6.54 Å². The minimum absolute atomic E-state index is 1.01. The third-order valence-electron chi connectivity index (χ3n) is 4.95. The van der Waals surface area contributed by atoms with E-state index in [1.165, 1.54) is 83.7 Å². The van der Waals surface area contributed by atoms with Crippen LogP contribution >= 0.6 is 0 Å². The second-order valence-electron chi connectivity index (χ2n) is 6.77. The molecule has 0 aliphatic carbocycles. The smallest absolute Gasteiger partial charge is 0.000973 e. The van der Waals surface area contributed by atoms with Crippen LogP contribution in [0.25, 0.3) is 0 Å². The predicted octanol–water partition coefficient (Wildman–Crippen LogP) is 5.50. The average Bonchev–Trinajstić information content (AvgIpc) is 2.83. The Kier molecular flexibility index (Phi) is 9.59. The Morgan fingerprint density at radius 3 is 1.89 bits per heavy atom. The maximum atomic E-state index is 2.54. The molecule has 1 rings (SSSR count). The van der Waals surface area contributed by atoms with Gasteiger partial charge in [-0.1, -0.05) is 78.1 Å². The fraction of sp³-hybridized carbons (Fsp3) is 1.00. The molecule has 0 aromatic rings. The molecule has 1 aliphatic rings. The molecule has 0 amide bonds. The van der Waals surface area contributed by atoms with E-state index in [0.29, 0.717) is 0 Å². The highest BCUT2D eigenvalue weighted by molar-refractivity contribution is 4.79. The molecule has 1 aliphatic heterocycles. The maximum Gasteiger partial charge on any atom is 0.000973 e. The van der Waals surface area contributed by atoms with Crippen molar-refractivity contribution < 1.29 is 0 Å². The van der Waals surface area contributed by atoms with Gasteiger partial charge < -0.3 is 4.90 Å². The van der Waals surface area contributed by atoms with Crippen molar-refractivity contribution in [2.45, 2.75) is 84.5 Å². The molecule has 1 heteroatoms. The number of nitrogens with zero attached hydrogens (tertiary/aromatic N) is 1. The molecule has 1 saturated heterocycles. The Balaban J connectivity index is 2.25. The Morgan fingerprint density at radius 1 is 0.895 bits per heavy atom. The van der Waals surface area contributed by atoms with E-state index < -0.39 is 0 Å². The summed E-state index contributed by atoms with van der Waals surface area (Å²) in [7, 11) is 2.30. The molecular weight excluding hydrogens is 230 g/mol. The summed E-state index contributed by atoms with van der Waals surface area (Å²) in [4.78, 5) is 2.54. The molecule has 19 heavy (non-hydrogen) atoms. The van der Waals surface area contributed by atoms with Crippen molar-refractivity contribution in [3.63, 3.8) is 0 Å². The molecule has 0 radical (unpaired) electrons. The van der Waals surface area contributed by atoms with Gasteiger partial charge in [0.1, 0.15) is 0 Å². The van der Waals surface area contributed by atoms with Crippen LogP contribution in [0.4, 0.5) is 0 Å². The summed E-state index contributed by atoms with van der Waals surface area (Å²) in [6.45, 7) is 7.33. The summed E-state index contributed by atoms with van der Waals surface area (Å²) in [5.74, 6) is 2.03. The number of hydrogen-bond acceptors (Lipinski definition) is 1. The van der Waals surface area contributed by atoms with Gasteiger partial charge in [-0.3, -0.25) is 0 Å². The van der Waals surface area contributed by atoms with Gasteiger partial charge in [-0.25, -0.2) is 0 Å². The summed E-state index contributed by atoms with van der Waals surface area (Å²) in [6, 6.07) is 0. The summed E-state index contributed by atoms with van der Waals surface area (Å²) >= 11 is 0. The molecule has 0 bridgehead atoms. The molecule has 114 valence electrons. The summed E-state index contributed by atoms with van der Waals surface area (Å²) < 4.78 is 0. The molecule has 0 saturated carbocycles. The van der Waals surface area contributed by atoms with Gasteiger partial charge in [-0.2, -0.15) is 0 Å². The first-order chi connectivity index (χ1) is 9.27. The van der Waals surface area contributed by atoms with Crippen LogP contribution < -0.4 is 0 Å². The number of likely N-dealkylation sites (tertiary alicyclic amines) is 1. The highest BCUT2D eigenvalue weighted by atomic mass is 15.1. The lowest BCUT2D eigenvalue weighted by molar-refractivity contribution is 0.273. The molecule has 1 fully saturated rings. The minimum Gasteiger partial charge on any atom is -0.306 e. The summed E-state index contributed by atoms with van der Waals surface area (Å²) in [6.07, 6.45) is 16.0.